The number of para-hydroxylation sites is 2. The molecule has 8 heteroatoms. The number of fused-ring (bicyclic) bond motifs is 1. The van der Waals surface area contributed by atoms with Crippen LogP contribution in [-0.4, -0.2) is 60.4 Å². The molecule has 0 spiro atoms. The molecule has 1 aliphatic rings. The fourth-order valence-electron chi connectivity index (χ4n) is 3.89. The molecule has 8 nitrogen and oxygen atoms in total. The number of methoxy groups -OCH3 is 1. The number of carbonyl (C=O) groups is 1. The molecule has 1 aliphatic heterocycles. The maximum Gasteiger partial charge on any atom is 0.262 e. The first-order valence-electron chi connectivity index (χ1n) is 11.0. The van der Waals surface area contributed by atoms with Crippen LogP contribution in [0.5, 0.6) is 11.5 Å². The van der Waals surface area contributed by atoms with Crippen molar-refractivity contribution < 1.29 is 19.0 Å². The smallest absolute Gasteiger partial charge is 0.262 e. The largest absolute Gasteiger partial charge is 0.493 e. The summed E-state index contributed by atoms with van der Waals surface area (Å²) >= 11 is 0. The number of anilines is 1. The second-order valence-corrected chi connectivity index (χ2v) is 7.76. The molecule has 3 aromatic rings. The molecule has 0 aliphatic carbocycles. The van der Waals surface area contributed by atoms with Gasteiger partial charge in [0.15, 0.2) is 18.1 Å². The highest BCUT2D eigenvalue weighted by atomic mass is 16.5. The summed E-state index contributed by atoms with van der Waals surface area (Å²) in [6, 6.07) is 13.1. The highest BCUT2D eigenvalue weighted by Crippen LogP contribution is 2.26. The molecule has 0 bridgehead atoms. The van der Waals surface area contributed by atoms with Gasteiger partial charge in [0, 0.05) is 25.3 Å². The third kappa shape index (κ3) is 5.20. The number of nitrogens with one attached hydrogen (secondary N) is 1. The molecule has 1 aromatic heterocycles. The van der Waals surface area contributed by atoms with Crippen molar-refractivity contribution in [1.29, 1.82) is 0 Å². The monoisotopic (exact) mass is 438 g/mol. The van der Waals surface area contributed by atoms with Gasteiger partial charge in [-0.1, -0.05) is 19.1 Å². The predicted molar refractivity (Wildman–Crippen MR) is 123 cm³/mol. The first kappa shape index (κ1) is 22.1. The number of carbonyl (C=O) groups excluding carboxylic acids is 1. The van der Waals surface area contributed by atoms with E-state index in [-0.39, 0.29) is 12.5 Å². The standard InChI is InChI=1S/C24H30N4O4/c1-3-10-28-20-9-8-18(15-19(20)26-23(28)16-27-11-13-31-14-12-27)25-24(29)17-32-22-7-5-4-6-21(22)30-2/h4-9,15H,3,10-14,16-17H2,1-2H3,(H,25,29). The summed E-state index contributed by atoms with van der Waals surface area (Å²) in [5.74, 6) is 1.94. The summed E-state index contributed by atoms with van der Waals surface area (Å²) in [4.78, 5) is 19.7. The van der Waals surface area contributed by atoms with Gasteiger partial charge in [0.05, 0.1) is 37.9 Å². The van der Waals surface area contributed by atoms with Gasteiger partial charge in [-0.25, -0.2) is 4.98 Å². The van der Waals surface area contributed by atoms with Crippen LogP contribution in [-0.2, 0) is 22.6 Å². The summed E-state index contributed by atoms with van der Waals surface area (Å²) < 4.78 is 18.6. The summed E-state index contributed by atoms with van der Waals surface area (Å²) in [6.07, 6.45) is 1.03. The highest BCUT2D eigenvalue weighted by molar-refractivity contribution is 5.94. The van der Waals surface area contributed by atoms with Gasteiger partial charge < -0.3 is 24.1 Å². The minimum Gasteiger partial charge on any atom is -0.493 e. The van der Waals surface area contributed by atoms with Gasteiger partial charge in [0.1, 0.15) is 5.82 Å². The Kier molecular flexibility index (Phi) is 7.24. The summed E-state index contributed by atoms with van der Waals surface area (Å²) in [5, 5.41) is 2.90. The van der Waals surface area contributed by atoms with E-state index >= 15 is 0 Å². The zero-order valence-corrected chi connectivity index (χ0v) is 18.7. The number of amides is 1. The zero-order chi connectivity index (χ0) is 22.3. The van der Waals surface area contributed by atoms with Crippen LogP contribution in [0.15, 0.2) is 42.5 Å². The predicted octanol–water partition coefficient (Wildman–Crippen LogP) is 3.30. The molecule has 0 saturated carbocycles. The van der Waals surface area contributed by atoms with E-state index in [0.29, 0.717) is 17.2 Å². The summed E-state index contributed by atoms with van der Waals surface area (Å²) in [6.45, 7) is 7.14. The van der Waals surface area contributed by atoms with E-state index in [1.54, 1.807) is 19.2 Å². The Morgan fingerprint density at radius 1 is 1.16 bits per heavy atom. The van der Waals surface area contributed by atoms with Crippen molar-refractivity contribution in [2.24, 2.45) is 0 Å². The molecular weight excluding hydrogens is 408 g/mol. The van der Waals surface area contributed by atoms with E-state index in [4.69, 9.17) is 19.2 Å². The Balaban J connectivity index is 1.45. The molecule has 1 fully saturated rings. The van der Waals surface area contributed by atoms with Crippen LogP contribution in [0.25, 0.3) is 11.0 Å². The molecule has 170 valence electrons. The third-order valence-corrected chi connectivity index (χ3v) is 5.45. The summed E-state index contributed by atoms with van der Waals surface area (Å²) in [5.41, 5.74) is 2.66. The van der Waals surface area contributed by atoms with Gasteiger partial charge in [-0.05, 0) is 36.8 Å². The van der Waals surface area contributed by atoms with Crippen molar-refractivity contribution >= 4 is 22.6 Å². The molecule has 1 saturated heterocycles. The number of nitrogens with zero attached hydrogens (tertiary/aromatic N) is 3. The fourth-order valence-corrected chi connectivity index (χ4v) is 3.89. The average Bonchev–Trinajstić information content (AvgIpc) is 3.15. The molecule has 2 aromatic carbocycles. The van der Waals surface area contributed by atoms with Crippen molar-refractivity contribution in [3.05, 3.63) is 48.3 Å². The Morgan fingerprint density at radius 2 is 1.94 bits per heavy atom. The molecule has 0 unspecified atom stereocenters. The molecular formula is C24H30N4O4. The van der Waals surface area contributed by atoms with Crippen LogP contribution in [0, 0.1) is 0 Å². The number of ether oxygens (including phenoxy) is 3. The lowest BCUT2D eigenvalue weighted by molar-refractivity contribution is -0.118. The van der Waals surface area contributed by atoms with E-state index in [9.17, 15) is 4.79 Å². The van der Waals surface area contributed by atoms with Gasteiger partial charge >= 0.3 is 0 Å². The summed E-state index contributed by atoms with van der Waals surface area (Å²) in [7, 11) is 1.57. The van der Waals surface area contributed by atoms with Crippen molar-refractivity contribution in [1.82, 2.24) is 14.5 Å². The number of aryl methyl sites for hydroxylation is 1. The van der Waals surface area contributed by atoms with Crippen LogP contribution in [0.4, 0.5) is 5.69 Å². The normalized spacial score (nSPS) is 14.4. The number of rotatable bonds is 9. The lowest BCUT2D eigenvalue weighted by atomic mass is 10.2. The van der Waals surface area contributed by atoms with Crippen LogP contribution in [0.3, 0.4) is 0 Å². The van der Waals surface area contributed by atoms with Gasteiger partial charge in [0.2, 0.25) is 0 Å². The van der Waals surface area contributed by atoms with E-state index < -0.39 is 0 Å². The molecule has 32 heavy (non-hydrogen) atoms. The molecule has 0 radical (unpaired) electrons. The van der Waals surface area contributed by atoms with E-state index in [2.05, 4.69) is 21.7 Å². The zero-order valence-electron chi connectivity index (χ0n) is 18.7. The first-order chi connectivity index (χ1) is 15.7. The number of imidazole rings is 1. The fraction of sp³-hybridized carbons (Fsp3) is 0.417. The Bertz CT molecular complexity index is 1060. The number of hydrogen-bond acceptors (Lipinski definition) is 6. The lowest BCUT2D eigenvalue weighted by Gasteiger charge is -2.26. The first-order valence-corrected chi connectivity index (χ1v) is 11.0. The van der Waals surface area contributed by atoms with Gasteiger partial charge in [0.25, 0.3) is 5.91 Å². The molecule has 0 atom stereocenters. The van der Waals surface area contributed by atoms with Crippen molar-refractivity contribution in [3.63, 3.8) is 0 Å². The Morgan fingerprint density at radius 3 is 2.69 bits per heavy atom. The maximum atomic E-state index is 12.4. The van der Waals surface area contributed by atoms with E-state index in [1.165, 1.54) is 0 Å². The molecule has 2 heterocycles. The Labute approximate surface area is 188 Å². The maximum absolute atomic E-state index is 12.4. The minimum absolute atomic E-state index is 0.106. The third-order valence-electron chi connectivity index (χ3n) is 5.45. The van der Waals surface area contributed by atoms with Gasteiger partial charge in [-0.2, -0.15) is 0 Å². The van der Waals surface area contributed by atoms with Crippen LogP contribution in [0.1, 0.15) is 19.2 Å². The van der Waals surface area contributed by atoms with Gasteiger partial charge in [-0.3, -0.25) is 9.69 Å². The van der Waals surface area contributed by atoms with Crippen molar-refractivity contribution in [3.8, 4) is 11.5 Å². The highest BCUT2D eigenvalue weighted by Gasteiger charge is 2.17. The van der Waals surface area contributed by atoms with Crippen LogP contribution < -0.4 is 14.8 Å². The second kappa shape index (κ2) is 10.5. The lowest BCUT2D eigenvalue weighted by Crippen LogP contribution is -2.36. The van der Waals surface area contributed by atoms with Crippen LogP contribution in [0.2, 0.25) is 0 Å². The number of hydrogen-bond donors (Lipinski definition) is 1. The average molecular weight is 439 g/mol. The SMILES string of the molecule is CCCn1c(CN2CCOCC2)nc2cc(NC(=O)COc3ccccc3OC)ccc21. The topological polar surface area (TPSA) is 77.9 Å². The minimum atomic E-state index is -0.239. The van der Waals surface area contributed by atoms with E-state index in [0.717, 1.165) is 62.7 Å². The van der Waals surface area contributed by atoms with Crippen molar-refractivity contribution in [2.45, 2.75) is 26.4 Å². The second-order valence-electron chi connectivity index (χ2n) is 7.76. The number of aromatic nitrogens is 2. The molecule has 4 rings (SSSR count). The quantitative estimate of drug-likeness (QED) is 0.552. The number of morpholine rings is 1. The van der Waals surface area contributed by atoms with Crippen molar-refractivity contribution in [2.75, 3.05) is 45.3 Å². The molecule has 1 amide bonds. The van der Waals surface area contributed by atoms with Crippen LogP contribution >= 0.6 is 0 Å². The Hall–Kier alpha value is -3.10. The number of benzene rings is 2. The van der Waals surface area contributed by atoms with E-state index in [1.807, 2.05) is 30.3 Å². The molecule has 1 N–H and O–H groups in total. The van der Waals surface area contributed by atoms with Gasteiger partial charge in [-0.15, -0.1) is 0 Å².